The zero-order valence-electron chi connectivity index (χ0n) is 35.2. The molecule has 0 aromatic heterocycles. The van der Waals surface area contributed by atoms with Crippen molar-refractivity contribution in [2.75, 3.05) is 59.3 Å². The second-order valence-corrected chi connectivity index (χ2v) is 16.8. The van der Waals surface area contributed by atoms with Crippen LogP contribution in [0, 0.1) is 23.7 Å². The van der Waals surface area contributed by atoms with Gasteiger partial charge in [0.1, 0.15) is 23.0 Å². The number of carbonyl (C=O) groups excluding carboxylic acids is 3. The van der Waals surface area contributed by atoms with Crippen LogP contribution in [0.2, 0.25) is 0 Å². The van der Waals surface area contributed by atoms with E-state index >= 15 is 0 Å². The molecule has 3 aliphatic carbocycles. The van der Waals surface area contributed by atoms with Crippen LogP contribution in [0.3, 0.4) is 0 Å². The average molecular weight is 821 g/mol. The maximum Gasteiger partial charge on any atom is 0.308 e. The van der Waals surface area contributed by atoms with Crippen LogP contribution in [0.25, 0.3) is 49.2 Å². The lowest BCUT2D eigenvalue weighted by Gasteiger charge is -2.30. The number of ketones is 1. The fraction of sp³-hybridized carbons (Fsp3) is 0.468. The van der Waals surface area contributed by atoms with Gasteiger partial charge in [-0.05, 0) is 82.4 Å². The first-order valence-corrected chi connectivity index (χ1v) is 20.8. The van der Waals surface area contributed by atoms with Crippen molar-refractivity contribution < 1.29 is 43.2 Å². The number of carbonyl (C=O) groups is 3. The molecule has 5 aromatic carbocycles. The number of anilines is 2. The van der Waals surface area contributed by atoms with Gasteiger partial charge in [-0.15, -0.1) is 0 Å². The summed E-state index contributed by atoms with van der Waals surface area (Å²) in [5.74, 6) is -0.784. The zero-order chi connectivity index (χ0) is 42.7. The Hall–Kier alpha value is -5.85. The number of phenolic OH excluding ortho intramolecular Hbond substituents is 1. The maximum atomic E-state index is 14.7. The molecule has 5 aromatic rings. The third kappa shape index (κ3) is 6.39. The Bertz CT molecular complexity index is 2710. The quantitative estimate of drug-likeness (QED) is 0.0489. The fourth-order valence-corrected chi connectivity index (χ4v) is 10.7. The van der Waals surface area contributed by atoms with Crippen LogP contribution in [0.4, 0.5) is 11.4 Å². The van der Waals surface area contributed by atoms with Gasteiger partial charge >= 0.3 is 11.9 Å². The Morgan fingerprint density at radius 3 is 1.58 bits per heavy atom. The van der Waals surface area contributed by atoms with Crippen LogP contribution in [0.1, 0.15) is 82.3 Å². The first kappa shape index (κ1) is 40.9. The average Bonchev–Trinajstić information content (AvgIpc) is 3.39. The van der Waals surface area contributed by atoms with E-state index in [1.54, 1.807) is 0 Å². The molecule has 1 atom stereocenters. The summed E-state index contributed by atoms with van der Waals surface area (Å²) in [7, 11) is 7.29. The maximum absolute atomic E-state index is 14.7. The van der Waals surface area contributed by atoms with Gasteiger partial charge in [0.25, 0.3) is 0 Å². The molecule has 0 radical (unpaired) electrons. The molecule has 8 rings (SSSR count). The summed E-state index contributed by atoms with van der Waals surface area (Å²) in [6, 6.07) is 2.78. The number of esters is 2. The molecule has 13 nitrogen and oxygen atoms in total. The number of benzene rings is 5. The van der Waals surface area contributed by atoms with Gasteiger partial charge in [-0.3, -0.25) is 24.0 Å². The van der Waals surface area contributed by atoms with Gasteiger partial charge in [0.2, 0.25) is 0 Å². The van der Waals surface area contributed by atoms with Crippen molar-refractivity contribution in [3.8, 4) is 23.0 Å². The molecule has 316 valence electrons. The van der Waals surface area contributed by atoms with Gasteiger partial charge < -0.3 is 39.4 Å². The summed E-state index contributed by atoms with van der Waals surface area (Å²) < 4.78 is 28.3. The largest absolute Gasteiger partial charge is 0.505 e. The molecule has 0 aliphatic heterocycles. The third-order valence-electron chi connectivity index (χ3n) is 13.6. The smallest absolute Gasteiger partial charge is 0.308 e. The van der Waals surface area contributed by atoms with E-state index in [-0.39, 0.29) is 69.5 Å². The van der Waals surface area contributed by atoms with Gasteiger partial charge in [-0.2, -0.15) is 0 Å². The van der Waals surface area contributed by atoms with Crippen LogP contribution in [-0.2, 0) is 23.9 Å². The molecule has 13 heteroatoms. The number of methoxy groups -OCH3 is 5. The normalized spacial score (nSPS) is 21.5. The molecule has 0 saturated heterocycles. The Labute approximate surface area is 347 Å². The number of hydrogen-bond donors (Lipinski definition) is 3. The number of ether oxygens (including phenoxy) is 5. The first-order chi connectivity index (χ1) is 28.9. The van der Waals surface area contributed by atoms with E-state index in [0.717, 1.165) is 25.7 Å². The summed E-state index contributed by atoms with van der Waals surface area (Å²) in [4.78, 5) is 67.6. The van der Waals surface area contributed by atoms with Crippen LogP contribution >= 0.6 is 0 Å². The highest BCUT2D eigenvalue weighted by molar-refractivity contribution is 6.40. The predicted octanol–water partition coefficient (Wildman–Crippen LogP) is 7.50. The second kappa shape index (κ2) is 16.0. The molecule has 1 unspecified atom stereocenters. The number of rotatable bonds is 12. The van der Waals surface area contributed by atoms with Crippen molar-refractivity contribution in [3.05, 3.63) is 49.3 Å². The highest BCUT2D eigenvalue weighted by Crippen LogP contribution is 2.58. The summed E-state index contributed by atoms with van der Waals surface area (Å²) >= 11 is 0. The lowest BCUT2D eigenvalue weighted by molar-refractivity contribution is -0.147. The summed E-state index contributed by atoms with van der Waals surface area (Å²) in [6.45, 7) is 4.32. The molecule has 0 bridgehead atoms. The summed E-state index contributed by atoms with van der Waals surface area (Å²) in [5.41, 5.74) is 1.75. The van der Waals surface area contributed by atoms with Crippen LogP contribution in [0.5, 0.6) is 23.0 Å². The summed E-state index contributed by atoms with van der Waals surface area (Å²) in [5, 5.41) is 22.9. The van der Waals surface area contributed by atoms with Crippen molar-refractivity contribution in [2.24, 2.45) is 23.7 Å². The molecule has 3 aliphatic rings. The second-order valence-electron chi connectivity index (χ2n) is 16.8. The van der Waals surface area contributed by atoms with E-state index in [1.165, 1.54) is 54.6 Å². The van der Waals surface area contributed by atoms with Crippen LogP contribution in [0.15, 0.2) is 27.3 Å². The zero-order valence-corrected chi connectivity index (χ0v) is 35.2. The minimum absolute atomic E-state index is 0.0653. The standard InChI is InChI=1S/C47H52N2O11/c1-21-16-27-33-38-35(44(53)42(27)48-19-23-8-12-25(13-9-23)46(54)59-6)29(52)18-31(57-4)36(38)37-30(56-3)17-28(51)34-40(37)39(33)41(32(21)22(2)50)45(58-5)43(34)49-20-24-10-14-26(15-11-24)47(55)60-7/h16-18,23-26,32,48-49,53H,8-15,19-20H2,1-7H3. The predicted molar refractivity (Wildman–Crippen MR) is 232 cm³/mol. The molecule has 3 N–H and O–H groups in total. The molecule has 60 heavy (non-hydrogen) atoms. The Kier molecular flexibility index (Phi) is 10.9. The third-order valence-corrected chi connectivity index (χ3v) is 13.6. The molecule has 2 saturated carbocycles. The number of phenols is 1. The van der Waals surface area contributed by atoms with E-state index in [9.17, 15) is 29.1 Å². The first-order valence-electron chi connectivity index (χ1n) is 20.8. The lowest BCUT2D eigenvalue weighted by atomic mass is 9.80. The Morgan fingerprint density at radius 1 is 0.633 bits per heavy atom. The SMILES string of the molecule is COC(=O)C1CCC(CNc2c(O)c3c(=O)cc(OC)c4c5c(OC)cc(=O)c6c(NCC7CCC(C(=O)OC)CC7)c(OC)c7c(c(c2C=C(C)C7C(C)=O)c34)c65)CC1. The van der Waals surface area contributed by atoms with E-state index in [0.29, 0.717) is 110 Å². The van der Waals surface area contributed by atoms with Crippen LogP contribution < -0.4 is 35.7 Å². The van der Waals surface area contributed by atoms with Gasteiger partial charge in [0.05, 0.1) is 75.4 Å². The van der Waals surface area contributed by atoms with Crippen molar-refractivity contribution in [1.29, 1.82) is 0 Å². The highest BCUT2D eigenvalue weighted by atomic mass is 16.5. The number of fused-ring (bicyclic) bond motifs is 1. The number of hydrogen-bond acceptors (Lipinski definition) is 13. The van der Waals surface area contributed by atoms with E-state index in [2.05, 4.69) is 10.6 Å². The molecular weight excluding hydrogens is 769 g/mol. The van der Waals surface area contributed by atoms with Crippen molar-refractivity contribution >= 4 is 78.3 Å². The minimum atomic E-state index is -0.838. The highest BCUT2D eigenvalue weighted by Gasteiger charge is 2.38. The molecule has 0 spiro atoms. The van der Waals surface area contributed by atoms with Crippen molar-refractivity contribution in [3.63, 3.8) is 0 Å². The summed E-state index contributed by atoms with van der Waals surface area (Å²) in [6.07, 6.45) is 7.72. The Balaban J connectivity index is 1.43. The molecular formula is C47H52N2O11. The van der Waals surface area contributed by atoms with E-state index < -0.39 is 11.3 Å². The number of nitrogens with one attached hydrogen (secondary N) is 2. The van der Waals surface area contributed by atoms with Crippen molar-refractivity contribution in [2.45, 2.75) is 71.1 Å². The van der Waals surface area contributed by atoms with Crippen LogP contribution in [-0.4, -0.2) is 71.5 Å². The molecule has 0 amide bonds. The van der Waals surface area contributed by atoms with Crippen molar-refractivity contribution in [1.82, 2.24) is 0 Å². The minimum Gasteiger partial charge on any atom is -0.505 e. The van der Waals surface area contributed by atoms with E-state index in [4.69, 9.17) is 23.7 Å². The van der Waals surface area contributed by atoms with Gasteiger partial charge in [-0.1, -0.05) is 11.6 Å². The van der Waals surface area contributed by atoms with Gasteiger partial charge in [-0.25, -0.2) is 0 Å². The Morgan fingerprint density at radius 2 is 1.12 bits per heavy atom. The van der Waals surface area contributed by atoms with E-state index in [1.807, 2.05) is 13.0 Å². The van der Waals surface area contributed by atoms with Gasteiger partial charge in [0.15, 0.2) is 16.6 Å². The number of Topliss-reactive ketones (excluding diaryl/α,β-unsaturated/α-hetero) is 1. The molecule has 0 heterocycles. The fourth-order valence-electron chi connectivity index (χ4n) is 10.7. The topological polar surface area (TPSA) is 176 Å². The number of allylic oxidation sites excluding steroid dienone is 1. The number of aromatic hydroxyl groups is 1. The molecule has 2 fully saturated rings. The van der Waals surface area contributed by atoms with Gasteiger partial charge in [0, 0.05) is 63.3 Å². The monoisotopic (exact) mass is 820 g/mol. The lowest BCUT2D eigenvalue weighted by Crippen LogP contribution is -2.26.